The fourth-order valence-corrected chi connectivity index (χ4v) is 4.26. The molecule has 1 atom stereocenters. The molecule has 0 bridgehead atoms. The van der Waals surface area contributed by atoms with E-state index in [0.29, 0.717) is 22.9 Å². The van der Waals surface area contributed by atoms with Crippen molar-refractivity contribution < 1.29 is 22.7 Å². The van der Waals surface area contributed by atoms with Crippen LogP contribution in [0.3, 0.4) is 0 Å². The maximum Gasteiger partial charge on any atom is 0.244 e. The van der Waals surface area contributed by atoms with Gasteiger partial charge < -0.3 is 15.0 Å². The Kier molecular flexibility index (Phi) is 9.76. The van der Waals surface area contributed by atoms with E-state index in [1.54, 1.807) is 49.4 Å². The number of hydrogen-bond acceptors (Lipinski definition) is 5. The molecule has 0 aliphatic heterocycles. The standard InChI is InChI=1S/C24H32ClN3O5S/c1-17(2)14-26-24(30)18(3)27(15-19-9-6-7-12-22(19)25)23(29)16-28(34(5,31)32)20-10-8-11-21(13-20)33-4/h6-13,17-18H,14-16H2,1-5H3,(H,26,30). The van der Waals surface area contributed by atoms with Gasteiger partial charge in [-0.2, -0.15) is 0 Å². The largest absolute Gasteiger partial charge is 0.497 e. The van der Waals surface area contributed by atoms with Crippen molar-refractivity contribution in [1.29, 1.82) is 0 Å². The smallest absolute Gasteiger partial charge is 0.244 e. The van der Waals surface area contributed by atoms with Gasteiger partial charge in [0.15, 0.2) is 0 Å². The molecule has 0 aliphatic carbocycles. The molecule has 1 unspecified atom stereocenters. The van der Waals surface area contributed by atoms with Gasteiger partial charge in [0.25, 0.3) is 0 Å². The van der Waals surface area contributed by atoms with Crippen LogP contribution < -0.4 is 14.4 Å². The maximum absolute atomic E-state index is 13.5. The topological polar surface area (TPSA) is 96.0 Å². The van der Waals surface area contributed by atoms with Crippen molar-refractivity contribution in [3.05, 3.63) is 59.1 Å². The summed E-state index contributed by atoms with van der Waals surface area (Å²) in [7, 11) is -2.35. The van der Waals surface area contributed by atoms with Crippen LogP contribution in [0.5, 0.6) is 5.75 Å². The Morgan fingerprint density at radius 2 is 1.76 bits per heavy atom. The summed E-state index contributed by atoms with van der Waals surface area (Å²) in [4.78, 5) is 27.7. The fourth-order valence-electron chi connectivity index (χ4n) is 3.22. The highest BCUT2D eigenvalue weighted by Crippen LogP contribution is 2.24. The van der Waals surface area contributed by atoms with Gasteiger partial charge in [0, 0.05) is 24.2 Å². The first-order valence-electron chi connectivity index (χ1n) is 10.9. The summed E-state index contributed by atoms with van der Waals surface area (Å²) in [6.07, 6.45) is 1.02. The van der Waals surface area contributed by atoms with Gasteiger partial charge in [0.05, 0.1) is 19.1 Å². The van der Waals surface area contributed by atoms with Crippen LogP contribution in [0.25, 0.3) is 0 Å². The molecule has 0 saturated carbocycles. The molecular formula is C24H32ClN3O5S. The van der Waals surface area contributed by atoms with Crippen LogP contribution >= 0.6 is 11.6 Å². The number of carbonyl (C=O) groups excluding carboxylic acids is 2. The minimum Gasteiger partial charge on any atom is -0.497 e. The summed E-state index contributed by atoms with van der Waals surface area (Å²) in [6, 6.07) is 12.6. The lowest BCUT2D eigenvalue weighted by atomic mass is 10.1. The highest BCUT2D eigenvalue weighted by Gasteiger charge is 2.30. The van der Waals surface area contributed by atoms with Gasteiger partial charge >= 0.3 is 0 Å². The van der Waals surface area contributed by atoms with E-state index < -0.39 is 28.5 Å². The molecule has 2 aromatic carbocycles. The number of rotatable bonds is 11. The number of halogens is 1. The lowest BCUT2D eigenvalue weighted by molar-refractivity contribution is -0.139. The molecule has 10 heteroatoms. The second-order valence-electron chi connectivity index (χ2n) is 8.40. The lowest BCUT2D eigenvalue weighted by Crippen LogP contribution is -2.51. The van der Waals surface area contributed by atoms with Crippen LogP contribution in [-0.2, 0) is 26.2 Å². The molecule has 2 aromatic rings. The number of sulfonamides is 1. The molecule has 0 saturated heterocycles. The van der Waals surface area contributed by atoms with Crippen LogP contribution in [-0.4, -0.2) is 57.6 Å². The Morgan fingerprint density at radius 1 is 1.09 bits per heavy atom. The van der Waals surface area contributed by atoms with E-state index in [4.69, 9.17) is 16.3 Å². The van der Waals surface area contributed by atoms with Gasteiger partial charge in [0.2, 0.25) is 21.8 Å². The molecule has 0 heterocycles. The lowest BCUT2D eigenvalue weighted by Gasteiger charge is -2.32. The zero-order valence-electron chi connectivity index (χ0n) is 20.1. The van der Waals surface area contributed by atoms with Gasteiger partial charge in [-0.25, -0.2) is 8.42 Å². The molecule has 0 fully saturated rings. The molecule has 186 valence electrons. The average Bonchev–Trinajstić information content (AvgIpc) is 2.79. The summed E-state index contributed by atoms with van der Waals surface area (Å²) >= 11 is 6.31. The maximum atomic E-state index is 13.5. The zero-order chi connectivity index (χ0) is 25.5. The number of nitrogens with one attached hydrogen (secondary N) is 1. The molecule has 0 radical (unpaired) electrons. The summed E-state index contributed by atoms with van der Waals surface area (Å²) in [5.41, 5.74) is 0.929. The van der Waals surface area contributed by atoms with Crippen molar-refractivity contribution in [3.8, 4) is 5.75 Å². The number of carbonyl (C=O) groups is 2. The van der Waals surface area contributed by atoms with E-state index >= 15 is 0 Å². The minimum atomic E-state index is -3.82. The number of hydrogen-bond donors (Lipinski definition) is 1. The summed E-state index contributed by atoms with van der Waals surface area (Å²) in [5, 5.41) is 3.28. The van der Waals surface area contributed by atoms with Crippen molar-refractivity contribution in [2.24, 2.45) is 5.92 Å². The second kappa shape index (κ2) is 12.1. The predicted molar refractivity (Wildman–Crippen MR) is 134 cm³/mol. The molecule has 0 aromatic heterocycles. The van der Waals surface area contributed by atoms with Gasteiger partial charge in [-0.15, -0.1) is 0 Å². The van der Waals surface area contributed by atoms with E-state index in [-0.39, 0.29) is 24.1 Å². The monoisotopic (exact) mass is 509 g/mol. The van der Waals surface area contributed by atoms with Crippen LogP contribution in [0.1, 0.15) is 26.3 Å². The Labute approximate surface area is 206 Å². The molecule has 2 amide bonds. The number of nitrogens with zero attached hydrogens (tertiary/aromatic N) is 2. The first-order chi connectivity index (χ1) is 15.9. The molecule has 0 spiro atoms. The minimum absolute atomic E-state index is 0.0461. The van der Waals surface area contributed by atoms with Crippen molar-refractivity contribution >= 4 is 39.1 Å². The molecule has 34 heavy (non-hydrogen) atoms. The van der Waals surface area contributed by atoms with E-state index in [0.717, 1.165) is 10.6 Å². The SMILES string of the molecule is COc1cccc(N(CC(=O)N(Cc2ccccc2Cl)C(C)C(=O)NCC(C)C)S(C)(=O)=O)c1. The van der Waals surface area contributed by atoms with Crippen LogP contribution in [0, 0.1) is 5.92 Å². The van der Waals surface area contributed by atoms with Crippen molar-refractivity contribution in [2.75, 3.05) is 30.8 Å². The number of amides is 2. The third-order valence-corrected chi connectivity index (χ3v) is 6.68. The van der Waals surface area contributed by atoms with E-state index in [9.17, 15) is 18.0 Å². The number of ether oxygens (including phenoxy) is 1. The first kappa shape index (κ1) is 27.5. The van der Waals surface area contributed by atoms with Crippen LogP contribution in [0.2, 0.25) is 5.02 Å². The first-order valence-corrected chi connectivity index (χ1v) is 13.1. The Bertz CT molecular complexity index is 1110. The summed E-state index contributed by atoms with van der Waals surface area (Å²) in [6.45, 7) is 5.56. The predicted octanol–water partition coefficient (Wildman–Crippen LogP) is 3.30. The van der Waals surface area contributed by atoms with Gasteiger partial charge in [-0.05, 0) is 36.6 Å². The van der Waals surface area contributed by atoms with Crippen LogP contribution in [0.4, 0.5) is 5.69 Å². The zero-order valence-corrected chi connectivity index (χ0v) is 21.7. The molecule has 2 rings (SSSR count). The Morgan fingerprint density at radius 3 is 2.35 bits per heavy atom. The average molecular weight is 510 g/mol. The number of benzene rings is 2. The van der Waals surface area contributed by atoms with E-state index in [1.807, 2.05) is 13.8 Å². The van der Waals surface area contributed by atoms with E-state index in [1.165, 1.54) is 18.1 Å². The van der Waals surface area contributed by atoms with Crippen LogP contribution in [0.15, 0.2) is 48.5 Å². The third kappa shape index (κ3) is 7.63. The second-order valence-corrected chi connectivity index (χ2v) is 10.7. The highest BCUT2D eigenvalue weighted by atomic mass is 35.5. The molecule has 8 nitrogen and oxygen atoms in total. The summed E-state index contributed by atoms with van der Waals surface area (Å²) < 4.78 is 31.4. The number of methoxy groups -OCH3 is 1. The van der Waals surface area contributed by atoms with Gasteiger partial charge in [0.1, 0.15) is 18.3 Å². The highest BCUT2D eigenvalue weighted by molar-refractivity contribution is 7.92. The third-order valence-electron chi connectivity index (χ3n) is 5.17. The Hall–Kier alpha value is -2.78. The molecule has 0 aliphatic rings. The Balaban J connectivity index is 2.39. The molecular weight excluding hydrogens is 478 g/mol. The molecule has 1 N–H and O–H groups in total. The van der Waals surface area contributed by atoms with Crippen molar-refractivity contribution in [1.82, 2.24) is 10.2 Å². The van der Waals surface area contributed by atoms with E-state index in [2.05, 4.69) is 5.32 Å². The normalized spacial score (nSPS) is 12.2. The van der Waals surface area contributed by atoms with Crippen molar-refractivity contribution in [3.63, 3.8) is 0 Å². The van der Waals surface area contributed by atoms with Crippen molar-refractivity contribution in [2.45, 2.75) is 33.4 Å². The van der Waals surface area contributed by atoms with Gasteiger partial charge in [-0.3, -0.25) is 13.9 Å². The fraction of sp³-hybridized carbons (Fsp3) is 0.417. The quantitative estimate of drug-likeness (QED) is 0.501. The van der Waals surface area contributed by atoms with Gasteiger partial charge in [-0.1, -0.05) is 49.7 Å². The summed E-state index contributed by atoms with van der Waals surface area (Å²) in [5.74, 6) is -0.188. The number of anilines is 1.